The first-order chi connectivity index (χ1) is 9.70. The van der Waals surface area contributed by atoms with Crippen LogP contribution in [0.25, 0.3) is 0 Å². The van der Waals surface area contributed by atoms with Gasteiger partial charge in [-0.2, -0.15) is 0 Å². The molecule has 0 amide bonds. The van der Waals surface area contributed by atoms with Crippen LogP contribution in [-0.4, -0.2) is 45.2 Å². The van der Waals surface area contributed by atoms with E-state index in [2.05, 4.69) is 37.4 Å². The summed E-state index contributed by atoms with van der Waals surface area (Å²) < 4.78 is 0. The lowest BCUT2D eigenvalue weighted by Gasteiger charge is -2.28. The SMILES string of the molecule is Cc1cc(Nc2nncs2)nc(C2CCCN(C)C2)n1. The number of anilines is 2. The maximum atomic E-state index is 4.66. The van der Waals surface area contributed by atoms with Gasteiger partial charge in [-0.05, 0) is 33.4 Å². The average molecular weight is 290 g/mol. The third-order valence-electron chi connectivity index (χ3n) is 3.46. The van der Waals surface area contributed by atoms with Crippen molar-refractivity contribution in [2.45, 2.75) is 25.7 Å². The summed E-state index contributed by atoms with van der Waals surface area (Å²) in [5.74, 6) is 2.16. The van der Waals surface area contributed by atoms with Crippen LogP contribution in [0.4, 0.5) is 10.9 Å². The molecule has 3 heterocycles. The van der Waals surface area contributed by atoms with Gasteiger partial charge in [0.1, 0.15) is 17.2 Å². The monoisotopic (exact) mass is 290 g/mol. The first-order valence-electron chi connectivity index (χ1n) is 6.78. The highest BCUT2D eigenvalue weighted by Crippen LogP contribution is 2.25. The number of likely N-dealkylation sites (tertiary alicyclic amines) is 1. The lowest BCUT2D eigenvalue weighted by Crippen LogP contribution is -2.31. The number of hydrogen-bond acceptors (Lipinski definition) is 7. The van der Waals surface area contributed by atoms with Crippen LogP contribution in [0.1, 0.15) is 30.3 Å². The van der Waals surface area contributed by atoms with Gasteiger partial charge < -0.3 is 10.2 Å². The van der Waals surface area contributed by atoms with Crippen molar-refractivity contribution in [3.63, 3.8) is 0 Å². The molecular formula is C13H18N6S. The average Bonchev–Trinajstić information content (AvgIpc) is 2.91. The van der Waals surface area contributed by atoms with Crippen molar-refractivity contribution < 1.29 is 0 Å². The van der Waals surface area contributed by atoms with Crippen molar-refractivity contribution in [2.24, 2.45) is 0 Å². The Kier molecular flexibility index (Phi) is 3.88. The van der Waals surface area contributed by atoms with E-state index in [-0.39, 0.29) is 0 Å². The van der Waals surface area contributed by atoms with Gasteiger partial charge in [-0.15, -0.1) is 10.2 Å². The molecule has 1 aliphatic rings. The minimum absolute atomic E-state index is 0.420. The molecule has 0 radical (unpaired) electrons. The molecule has 106 valence electrons. The molecule has 2 aromatic heterocycles. The largest absolute Gasteiger partial charge is 0.315 e. The van der Waals surface area contributed by atoms with E-state index < -0.39 is 0 Å². The summed E-state index contributed by atoms with van der Waals surface area (Å²) in [5, 5.41) is 11.8. The Morgan fingerprint density at radius 2 is 2.30 bits per heavy atom. The summed E-state index contributed by atoms with van der Waals surface area (Å²) in [6.45, 7) is 4.20. The van der Waals surface area contributed by atoms with Crippen LogP contribution in [0.3, 0.4) is 0 Å². The fraction of sp³-hybridized carbons (Fsp3) is 0.538. The molecular weight excluding hydrogens is 272 g/mol. The van der Waals surface area contributed by atoms with Crippen LogP contribution in [0.15, 0.2) is 11.6 Å². The van der Waals surface area contributed by atoms with Crippen molar-refractivity contribution in [1.82, 2.24) is 25.1 Å². The molecule has 1 atom stereocenters. The van der Waals surface area contributed by atoms with E-state index in [9.17, 15) is 0 Å². The number of aryl methyl sites for hydroxylation is 1. The molecule has 20 heavy (non-hydrogen) atoms. The van der Waals surface area contributed by atoms with E-state index in [1.807, 2.05) is 13.0 Å². The highest BCUT2D eigenvalue weighted by Gasteiger charge is 2.22. The van der Waals surface area contributed by atoms with Crippen LogP contribution in [0.5, 0.6) is 0 Å². The van der Waals surface area contributed by atoms with Gasteiger partial charge in [0.05, 0.1) is 0 Å². The minimum atomic E-state index is 0.420. The Balaban J connectivity index is 1.82. The molecule has 1 unspecified atom stereocenters. The van der Waals surface area contributed by atoms with Gasteiger partial charge in [0.2, 0.25) is 5.13 Å². The van der Waals surface area contributed by atoms with Crippen molar-refractivity contribution in [2.75, 3.05) is 25.5 Å². The van der Waals surface area contributed by atoms with Gasteiger partial charge in [0.25, 0.3) is 0 Å². The summed E-state index contributed by atoms with van der Waals surface area (Å²) in [4.78, 5) is 11.6. The lowest BCUT2D eigenvalue weighted by atomic mass is 9.97. The number of aromatic nitrogens is 4. The molecule has 1 N–H and O–H groups in total. The van der Waals surface area contributed by atoms with Gasteiger partial charge in [-0.3, -0.25) is 0 Å². The molecule has 1 fully saturated rings. The van der Waals surface area contributed by atoms with E-state index in [0.717, 1.165) is 42.0 Å². The number of rotatable bonds is 3. The second-order valence-electron chi connectivity index (χ2n) is 5.22. The van der Waals surface area contributed by atoms with Crippen LogP contribution in [0, 0.1) is 6.92 Å². The maximum Gasteiger partial charge on any atom is 0.210 e. The van der Waals surface area contributed by atoms with Gasteiger partial charge >= 0.3 is 0 Å². The zero-order chi connectivity index (χ0) is 13.9. The topological polar surface area (TPSA) is 66.8 Å². The molecule has 7 heteroatoms. The summed E-state index contributed by atoms with van der Waals surface area (Å²) >= 11 is 1.46. The predicted molar refractivity (Wildman–Crippen MR) is 79.4 cm³/mol. The third kappa shape index (κ3) is 3.10. The Labute approximate surface area is 122 Å². The molecule has 6 nitrogen and oxygen atoms in total. The lowest BCUT2D eigenvalue weighted by molar-refractivity contribution is 0.246. The van der Waals surface area contributed by atoms with Crippen LogP contribution in [-0.2, 0) is 0 Å². The molecule has 0 aliphatic carbocycles. The second-order valence-corrected chi connectivity index (χ2v) is 6.06. The van der Waals surface area contributed by atoms with Crippen molar-refractivity contribution >= 4 is 22.3 Å². The number of hydrogen-bond donors (Lipinski definition) is 1. The minimum Gasteiger partial charge on any atom is -0.315 e. The number of likely N-dealkylation sites (N-methyl/N-ethyl adjacent to an activating group) is 1. The number of nitrogens with zero attached hydrogens (tertiary/aromatic N) is 5. The standard InChI is InChI=1S/C13H18N6S/c1-9-6-11(17-13-18-14-8-20-13)16-12(15-9)10-4-3-5-19(2)7-10/h6,8,10H,3-5,7H2,1-2H3,(H,15,16,17,18). The van der Waals surface area contributed by atoms with Gasteiger partial charge in [0, 0.05) is 24.2 Å². The van der Waals surface area contributed by atoms with Gasteiger partial charge in [-0.1, -0.05) is 11.3 Å². The molecule has 3 rings (SSSR count). The Morgan fingerprint density at radius 3 is 3.05 bits per heavy atom. The smallest absolute Gasteiger partial charge is 0.210 e. The van der Waals surface area contributed by atoms with E-state index in [0.29, 0.717) is 5.92 Å². The third-order valence-corrected chi connectivity index (χ3v) is 4.06. The number of piperidine rings is 1. The van der Waals surface area contributed by atoms with E-state index in [1.54, 1.807) is 5.51 Å². The van der Waals surface area contributed by atoms with Crippen molar-refractivity contribution in [3.8, 4) is 0 Å². The molecule has 0 aromatic carbocycles. The van der Waals surface area contributed by atoms with E-state index in [1.165, 1.54) is 17.8 Å². The zero-order valence-corrected chi connectivity index (χ0v) is 12.5. The summed E-state index contributed by atoms with van der Waals surface area (Å²) in [6, 6.07) is 1.94. The molecule has 1 aliphatic heterocycles. The predicted octanol–water partition coefficient (Wildman–Crippen LogP) is 2.19. The summed E-state index contributed by atoms with van der Waals surface area (Å²) in [6.07, 6.45) is 2.36. The molecule has 2 aromatic rings. The van der Waals surface area contributed by atoms with Crippen LogP contribution in [0.2, 0.25) is 0 Å². The van der Waals surface area contributed by atoms with Crippen molar-refractivity contribution in [3.05, 3.63) is 23.1 Å². The quantitative estimate of drug-likeness (QED) is 0.934. The molecule has 0 bridgehead atoms. The van der Waals surface area contributed by atoms with Crippen LogP contribution >= 0.6 is 11.3 Å². The van der Waals surface area contributed by atoms with E-state index in [4.69, 9.17) is 0 Å². The molecule has 0 saturated carbocycles. The second kappa shape index (κ2) is 5.80. The zero-order valence-electron chi connectivity index (χ0n) is 11.7. The van der Waals surface area contributed by atoms with Crippen molar-refractivity contribution in [1.29, 1.82) is 0 Å². The summed E-state index contributed by atoms with van der Waals surface area (Å²) in [7, 11) is 2.16. The fourth-order valence-corrected chi connectivity index (χ4v) is 3.00. The number of nitrogens with one attached hydrogen (secondary N) is 1. The Bertz CT molecular complexity index is 570. The Morgan fingerprint density at radius 1 is 1.40 bits per heavy atom. The van der Waals surface area contributed by atoms with Gasteiger partial charge in [0.15, 0.2) is 0 Å². The molecule has 1 saturated heterocycles. The van der Waals surface area contributed by atoms with Gasteiger partial charge in [-0.25, -0.2) is 9.97 Å². The molecule has 0 spiro atoms. The highest BCUT2D eigenvalue weighted by atomic mass is 32.1. The highest BCUT2D eigenvalue weighted by molar-refractivity contribution is 7.13. The first kappa shape index (κ1) is 13.4. The van der Waals surface area contributed by atoms with E-state index >= 15 is 0 Å². The maximum absolute atomic E-state index is 4.66. The van der Waals surface area contributed by atoms with Crippen LogP contribution < -0.4 is 5.32 Å². The Hall–Kier alpha value is -1.60. The normalized spacial score (nSPS) is 20.0. The fourth-order valence-electron chi connectivity index (χ4n) is 2.55. The summed E-state index contributed by atoms with van der Waals surface area (Å²) in [5.41, 5.74) is 2.68. The first-order valence-corrected chi connectivity index (χ1v) is 7.66.